The summed E-state index contributed by atoms with van der Waals surface area (Å²) >= 11 is 0. The van der Waals surface area contributed by atoms with Crippen LogP contribution in [0.1, 0.15) is 0 Å². The normalized spacial score (nSPS) is 15.4. The molecule has 96 valence electrons. The first kappa shape index (κ1) is 12.4. The molecular formula is C13H16N2O3. The van der Waals surface area contributed by atoms with E-state index in [1.807, 2.05) is 24.3 Å². The van der Waals surface area contributed by atoms with Crippen LogP contribution in [0.4, 0.5) is 5.69 Å². The Hall–Kier alpha value is -2.04. The van der Waals surface area contributed by atoms with Crippen LogP contribution in [0.15, 0.2) is 24.3 Å². The van der Waals surface area contributed by atoms with Crippen molar-refractivity contribution >= 4 is 17.9 Å². The highest BCUT2D eigenvalue weighted by Gasteiger charge is 2.22. The molecule has 1 aliphatic heterocycles. The van der Waals surface area contributed by atoms with Crippen LogP contribution in [0, 0.1) is 0 Å². The summed E-state index contributed by atoms with van der Waals surface area (Å²) in [5, 5.41) is 0. The molecular weight excluding hydrogens is 232 g/mol. The minimum atomic E-state index is -0.435. The van der Waals surface area contributed by atoms with Gasteiger partial charge in [0.05, 0.1) is 12.8 Å². The molecule has 0 radical (unpaired) electrons. The van der Waals surface area contributed by atoms with E-state index >= 15 is 0 Å². The van der Waals surface area contributed by atoms with Crippen LogP contribution < -0.4 is 9.64 Å². The van der Waals surface area contributed by atoms with Gasteiger partial charge in [-0.2, -0.15) is 0 Å². The Labute approximate surface area is 106 Å². The third kappa shape index (κ3) is 2.45. The van der Waals surface area contributed by atoms with Gasteiger partial charge in [0.15, 0.2) is 0 Å². The molecule has 1 aliphatic rings. The molecule has 1 aromatic carbocycles. The van der Waals surface area contributed by atoms with Crippen molar-refractivity contribution in [2.75, 3.05) is 38.2 Å². The van der Waals surface area contributed by atoms with Gasteiger partial charge in [0.25, 0.3) is 5.91 Å². The molecule has 0 N–H and O–H groups in total. The van der Waals surface area contributed by atoms with Gasteiger partial charge in [-0.05, 0) is 12.1 Å². The molecule has 2 rings (SSSR count). The van der Waals surface area contributed by atoms with Crippen LogP contribution in [0.2, 0.25) is 0 Å². The van der Waals surface area contributed by atoms with Gasteiger partial charge in [0.1, 0.15) is 5.75 Å². The van der Waals surface area contributed by atoms with Crippen LogP contribution in [0.5, 0.6) is 5.75 Å². The van der Waals surface area contributed by atoms with E-state index in [2.05, 4.69) is 4.90 Å². The van der Waals surface area contributed by atoms with E-state index in [0.717, 1.165) is 11.4 Å². The number of hydrogen-bond donors (Lipinski definition) is 0. The molecule has 1 amide bonds. The minimum absolute atomic E-state index is 0.374. The van der Waals surface area contributed by atoms with Crippen molar-refractivity contribution in [2.24, 2.45) is 0 Å². The maximum absolute atomic E-state index is 11.2. The van der Waals surface area contributed by atoms with E-state index < -0.39 is 5.91 Å². The smallest absolute Gasteiger partial charge is 0.286 e. The number of anilines is 1. The van der Waals surface area contributed by atoms with Crippen LogP contribution in [0.25, 0.3) is 0 Å². The Morgan fingerprint density at radius 2 is 1.89 bits per heavy atom. The highest BCUT2D eigenvalue weighted by molar-refractivity contribution is 6.23. The van der Waals surface area contributed by atoms with Crippen molar-refractivity contribution in [3.8, 4) is 5.75 Å². The first-order valence-electron chi connectivity index (χ1n) is 5.88. The predicted molar refractivity (Wildman–Crippen MR) is 67.9 cm³/mol. The van der Waals surface area contributed by atoms with Crippen molar-refractivity contribution in [1.29, 1.82) is 0 Å². The van der Waals surface area contributed by atoms with E-state index in [-0.39, 0.29) is 0 Å². The second kappa shape index (κ2) is 5.53. The molecule has 5 heteroatoms. The number of rotatable bonds is 3. The summed E-state index contributed by atoms with van der Waals surface area (Å²) in [5.41, 5.74) is 1.03. The number of para-hydroxylation sites is 2. The largest absolute Gasteiger partial charge is 0.495 e. The Morgan fingerprint density at radius 3 is 2.50 bits per heavy atom. The van der Waals surface area contributed by atoms with Gasteiger partial charge in [-0.25, -0.2) is 0 Å². The van der Waals surface area contributed by atoms with Gasteiger partial charge < -0.3 is 14.5 Å². The molecule has 0 aromatic heterocycles. The summed E-state index contributed by atoms with van der Waals surface area (Å²) in [4.78, 5) is 25.4. The molecule has 1 heterocycles. The lowest BCUT2D eigenvalue weighted by molar-refractivity contribution is -0.139. The van der Waals surface area contributed by atoms with Crippen molar-refractivity contribution < 1.29 is 14.3 Å². The fourth-order valence-corrected chi connectivity index (χ4v) is 2.13. The number of piperazine rings is 1. The van der Waals surface area contributed by atoms with Crippen LogP contribution in [-0.2, 0) is 9.59 Å². The molecule has 1 saturated heterocycles. The van der Waals surface area contributed by atoms with Crippen molar-refractivity contribution in [1.82, 2.24) is 4.90 Å². The lowest BCUT2D eigenvalue weighted by Gasteiger charge is -2.35. The van der Waals surface area contributed by atoms with Crippen molar-refractivity contribution in [3.05, 3.63) is 24.3 Å². The van der Waals surface area contributed by atoms with Crippen LogP contribution in [-0.4, -0.2) is 50.4 Å². The van der Waals surface area contributed by atoms with E-state index in [4.69, 9.17) is 4.74 Å². The third-order valence-corrected chi connectivity index (χ3v) is 3.12. The Morgan fingerprint density at radius 1 is 1.22 bits per heavy atom. The maximum Gasteiger partial charge on any atom is 0.286 e. The summed E-state index contributed by atoms with van der Waals surface area (Å²) in [6, 6.07) is 7.80. The first-order chi connectivity index (χ1) is 8.76. The summed E-state index contributed by atoms with van der Waals surface area (Å²) in [6.45, 7) is 2.55. The van der Waals surface area contributed by atoms with Gasteiger partial charge in [-0.15, -0.1) is 0 Å². The molecule has 1 fully saturated rings. The van der Waals surface area contributed by atoms with Crippen molar-refractivity contribution in [2.45, 2.75) is 0 Å². The summed E-state index contributed by atoms with van der Waals surface area (Å²) in [6.07, 6.45) is 0.374. The number of carbonyl (C=O) groups excluding carboxylic acids is 2. The molecule has 5 nitrogen and oxygen atoms in total. The number of nitrogens with zero attached hydrogens (tertiary/aromatic N) is 2. The molecule has 0 spiro atoms. The highest BCUT2D eigenvalue weighted by atomic mass is 16.5. The Balaban J connectivity index is 2.05. The quantitative estimate of drug-likeness (QED) is 0.579. The number of carbonyl (C=O) groups is 2. The van der Waals surface area contributed by atoms with Gasteiger partial charge in [0.2, 0.25) is 6.29 Å². The standard InChI is InChI=1S/C13H16N2O3/c1-18-12-5-3-2-4-11(12)14-6-8-15(9-7-14)13(17)10-16/h2-5,10H,6-9H2,1H3. The molecule has 0 atom stereocenters. The minimum Gasteiger partial charge on any atom is -0.495 e. The summed E-state index contributed by atoms with van der Waals surface area (Å²) in [5.74, 6) is 0.391. The van der Waals surface area contributed by atoms with Gasteiger partial charge >= 0.3 is 0 Å². The fourth-order valence-electron chi connectivity index (χ4n) is 2.13. The zero-order valence-electron chi connectivity index (χ0n) is 10.3. The van der Waals surface area contributed by atoms with Crippen LogP contribution in [0.3, 0.4) is 0 Å². The zero-order chi connectivity index (χ0) is 13.0. The molecule has 0 aliphatic carbocycles. The Bertz CT molecular complexity index is 440. The SMILES string of the molecule is COc1ccccc1N1CCN(C(=O)C=O)CC1. The number of aldehydes is 1. The summed E-state index contributed by atoms with van der Waals surface area (Å²) < 4.78 is 5.32. The van der Waals surface area contributed by atoms with Gasteiger partial charge in [-0.3, -0.25) is 9.59 Å². The molecule has 0 bridgehead atoms. The van der Waals surface area contributed by atoms with Gasteiger partial charge in [0, 0.05) is 26.2 Å². The van der Waals surface area contributed by atoms with Gasteiger partial charge in [-0.1, -0.05) is 12.1 Å². The lowest BCUT2D eigenvalue weighted by Crippen LogP contribution is -2.49. The summed E-state index contributed by atoms with van der Waals surface area (Å²) in [7, 11) is 1.64. The predicted octanol–water partition coefficient (Wildman–Crippen LogP) is 0.543. The average Bonchev–Trinajstić information content (AvgIpc) is 2.46. The molecule has 1 aromatic rings. The second-order valence-corrected chi connectivity index (χ2v) is 4.10. The maximum atomic E-state index is 11.2. The topological polar surface area (TPSA) is 49.9 Å². The van der Waals surface area contributed by atoms with E-state index in [1.54, 1.807) is 12.0 Å². The fraction of sp³-hybridized carbons (Fsp3) is 0.385. The molecule has 0 unspecified atom stereocenters. The van der Waals surface area contributed by atoms with E-state index in [9.17, 15) is 9.59 Å². The first-order valence-corrected chi connectivity index (χ1v) is 5.88. The lowest BCUT2D eigenvalue weighted by atomic mass is 10.2. The number of benzene rings is 1. The number of hydrogen-bond acceptors (Lipinski definition) is 4. The molecule has 0 saturated carbocycles. The highest BCUT2D eigenvalue weighted by Crippen LogP contribution is 2.28. The monoisotopic (exact) mass is 248 g/mol. The zero-order valence-corrected chi connectivity index (χ0v) is 10.3. The third-order valence-electron chi connectivity index (χ3n) is 3.12. The van der Waals surface area contributed by atoms with Crippen LogP contribution >= 0.6 is 0 Å². The average molecular weight is 248 g/mol. The van der Waals surface area contributed by atoms with E-state index in [0.29, 0.717) is 32.5 Å². The Kier molecular flexibility index (Phi) is 3.82. The molecule has 18 heavy (non-hydrogen) atoms. The van der Waals surface area contributed by atoms with Crippen molar-refractivity contribution in [3.63, 3.8) is 0 Å². The number of methoxy groups -OCH3 is 1. The van der Waals surface area contributed by atoms with E-state index in [1.165, 1.54) is 0 Å². The number of amides is 1. The number of ether oxygens (including phenoxy) is 1. The second-order valence-electron chi connectivity index (χ2n) is 4.10.